The molecule has 0 aliphatic carbocycles. The van der Waals surface area contributed by atoms with Crippen LogP contribution >= 0.6 is 0 Å². The van der Waals surface area contributed by atoms with Gasteiger partial charge in [0.05, 0.1) is 29.0 Å². The van der Waals surface area contributed by atoms with Gasteiger partial charge in [0.15, 0.2) is 0 Å². The highest BCUT2D eigenvalue weighted by atomic mass is 16.6. The van der Waals surface area contributed by atoms with Gasteiger partial charge in [-0.1, -0.05) is 38.5 Å². The van der Waals surface area contributed by atoms with Crippen LogP contribution in [0.5, 0.6) is 0 Å². The van der Waals surface area contributed by atoms with Crippen LogP contribution in [0.15, 0.2) is 41.2 Å². The van der Waals surface area contributed by atoms with Crippen molar-refractivity contribution in [3.8, 4) is 11.4 Å². The van der Waals surface area contributed by atoms with Gasteiger partial charge in [-0.3, -0.25) is 4.79 Å². The average Bonchev–Trinajstić information content (AvgIpc) is 3.25. The molecule has 2 aliphatic rings. The minimum Gasteiger partial charge on any atom is -0.457 e. The number of fused-ring (bicyclic) bond motifs is 5. The number of esters is 2. The molecule has 2 aromatic heterocycles. The fraction of sp³-hybridized carbons (Fsp3) is 0.433. The van der Waals surface area contributed by atoms with Crippen LogP contribution in [0, 0.1) is 0 Å². The van der Waals surface area contributed by atoms with E-state index in [1.807, 2.05) is 37.3 Å². The third-order valence-corrected chi connectivity index (χ3v) is 7.21. The Bertz CT molecular complexity index is 1590. The van der Waals surface area contributed by atoms with Crippen molar-refractivity contribution in [1.29, 1.82) is 0 Å². The summed E-state index contributed by atoms with van der Waals surface area (Å²) in [6.07, 6.45) is 0.0698. The summed E-state index contributed by atoms with van der Waals surface area (Å²) in [4.78, 5) is 57.8. The lowest BCUT2D eigenvalue weighted by Crippen LogP contribution is -2.51. The predicted molar refractivity (Wildman–Crippen MR) is 146 cm³/mol. The van der Waals surface area contributed by atoms with Crippen LogP contribution in [0.4, 0.5) is 4.79 Å². The standard InChI is InChI=1S/C30H33N3O7/c1-6-10-22(32-28(37)40-29(3,4)5)26(35)39-30(7-2)20-14-23-24-18(13-17-11-8-9-12-21(17)31-24)15-33(23)25(34)19(20)16-38-27(30)36/h8-9,11-14,22H,6-7,10,15-16H2,1-5H3,(H,32,37)/t22-,30+/m1/s1. The summed E-state index contributed by atoms with van der Waals surface area (Å²) in [6, 6.07) is 10.4. The molecule has 1 amide bonds. The van der Waals surface area contributed by atoms with Crippen molar-refractivity contribution in [2.45, 2.75) is 84.3 Å². The highest BCUT2D eigenvalue weighted by Gasteiger charge is 2.51. The summed E-state index contributed by atoms with van der Waals surface area (Å²) < 4.78 is 18.3. The molecule has 0 saturated heterocycles. The maximum Gasteiger partial charge on any atom is 0.408 e. The van der Waals surface area contributed by atoms with Crippen molar-refractivity contribution >= 4 is 28.9 Å². The number of carbonyl (C=O) groups excluding carboxylic acids is 3. The Morgan fingerprint density at radius 1 is 1.18 bits per heavy atom. The molecule has 0 bridgehead atoms. The van der Waals surface area contributed by atoms with Gasteiger partial charge >= 0.3 is 18.0 Å². The van der Waals surface area contributed by atoms with E-state index in [0.29, 0.717) is 24.4 Å². The number of alkyl carbamates (subject to hydrolysis) is 1. The third kappa shape index (κ3) is 4.71. The lowest BCUT2D eigenvalue weighted by Gasteiger charge is -2.36. The van der Waals surface area contributed by atoms with E-state index in [1.54, 1.807) is 38.3 Å². The van der Waals surface area contributed by atoms with Gasteiger partial charge in [-0.15, -0.1) is 0 Å². The summed E-state index contributed by atoms with van der Waals surface area (Å²) in [6.45, 7) is 8.79. The van der Waals surface area contributed by atoms with E-state index in [1.165, 1.54) is 0 Å². The average molecular weight is 548 g/mol. The number of cyclic esters (lactones) is 1. The third-order valence-electron chi connectivity index (χ3n) is 7.21. The molecule has 0 saturated carbocycles. The Kier molecular flexibility index (Phi) is 6.89. The van der Waals surface area contributed by atoms with Crippen LogP contribution in [0.3, 0.4) is 0 Å². The maximum atomic E-state index is 13.7. The number of pyridine rings is 2. The summed E-state index contributed by atoms with van der Waals surface area (Å²) in [5, 5.41) is 3.52. The number of carbonyl (C=O) groups is 3. The molecule has 1 aromatic carbocycles. The monoisotopic (exact) mass is 547 g/mol. The normalized spacial score (nSPS) is 18.3. The van der Waals surface area contributed by atoms with Gasteiger partial charge in [0.2, 0.25) is 5.60 Å². The number of hydrogen-bond donors (Lipinski definition) is 1. The number of nitrogens with zero attached hydrogens (tertiary/aromatic N) is 2. The number of amides is 1. The summed E-state index contributed by atoms with van der Waals surface area (Å²) in [5.74, 6) is -1.58. The van der Waals surface area contributed by atoms with Gasteiger partial charge < -0.3 is 24.1 Å². The maximum absolute atomic E-state index is 13.7. The molecular formula is C30H33N3O7. The molecule has 0 radical (unpaired) electrons. The second-order valence-electron chi connectivity index (χ2n) is 11.2. The smallest absolute Gasteiger partial charge is 0.408 e. The van der Waals surface area contributed by atoms with Gasteiger partial charge in [-0.05, 0) is 51.8 Å². The molecule has 2 aliphatic heterocycles. The molecule has 4 heterocycles. The first-order valence-corrected chi connectivity index (χ1v) is 13.5. The Labute approximate surface area is 231 Å². The van der Waals surface area contributed by atoms with Crippen molar-refractivity contribution in [3.05, 3.63) is 63.4 Å². The number of para-hydroxylation sites is 1. The molecule has 10 nitrogen and oxygen atoms in total. The SMILES string of the molecule is CCC[C@@H](NC(=O)OC(C)(C)C)C(=O)O[C@]1(CC)C(=O)OCc2c1cc1n(c2=O)Cc2cc3ccccc3nc2-1. The highest BCUT2D eigenvalue weighted by molar-refractivity contribution is 5.90. The van der Waals surface area contributed by atoms with Gasteiger partial charge in [0.25, 0.3) is 5.56 Å². The molecule has 10 heteroatoms. The Morgan fingerprint density at radius 2 is 1.93 bits per heavy atom. The molecule has 3 aromatic rings. The second kappa shape index (κ2) is 10.1. The molecule has 40 heavy (non-hydrogen) atoms. The first-order chi connectivity index (χ1) is 19.0. The largest absolute Gasteiger partial charge is 0.457 e. The number of ether oxygens (including phenoxy) is 3. The molecule has 210 valence electrons. The van der Waals surface area contributed by atoms with Crippen LogP contribution in [-0.2, 0) is 42.6 Å². The summed E-state index contributed by atoms with van der Waals surface area (Å²) in [7, 11) is 0. The molecular weight excluding hydrogens is 514 g/mol. The first-order valence-electron chi connectivity index (χ1n) is 13.5. The Morgan fingerprint density at radius 3 is 2.62 bits per heavy atom. The fourth-order valence-electron chi connectivity index (χ4n) is 5.31. The zero-order valence-corrected chi connectivity index (χ0v) is 23.3. The molecule has 0 fully saturated rings. The van der Waals surface area contributed by atoms with E-state index in [-0.39, 0.29) is 36.1 Å². The number of rotatable bonds is 6. The quantitative estimate of drug-likeness (QED) is 0.279. The van der Waals surface area contributed by atoms with E-state index in [4.69, 9.17) is 19.2 Å². The lowest BCUT2D eigenvalue weighted by molar-refractivity contribution is -0.190. The van der Waals surface area contributed by atoms with Crippen LogP contribution in [0.1, 0.15) is 70.6 Å². The molecule has 1 N–H and O–H groups in total. The number of nitrogens with one attached hydrogen (secondary N) is 1. The Hall–Kier alpha value is -4.21. The molecule has 5 rings (SSSR count). The lowest BCUT2D eigenvalue weighted by atomic mass is 9.85. The topological polar surface area (TPSA) is 126 Å². The van der Waals surface area contributed by atoms with Crippen molar-refractivity contribution in [1.82, 2.24) is 14.9 Å². The van der Waals surface area contributed by atoms with E-state index in [9.17, 15) is 19.2 Å². The van der Waals surface area contributed by atoms with Crippen LogP contribution in [-0.4, -0.2) is 39.2 Å². The Balaban J connectivity index is 1.56. The van der Waals surface area contributed by atoms with Crippen LogP contribution in [0.25, 0.3) is 22.3 Å². The molecule has 2 atom stereocenters. The second-order valence-corrected chi connectivity index (χ2v) is 11.2. The van der Waals surface area contributed by atoms with Gasteiger partial charge in [0, 0.05) is 16.5 Å². The van der Waals surface area contributed by atoms with Crippen molar-refractivity contribution in [3.63, 3.8) is 0 Å². The van der Waals surface area contributed by atoms with Crippen LogP contribution in [0.2, 0.25) is 0 Å². The summed E-state index contributed by atoms with van der Waals surface area (Å²) in [5.41, 5.74) is 0.438. The first kappa shape index (κ1) is 27.4. The molecule has 0 spiro atoms. The van der Waals surface area contributed by atoms with E-state index in [2.05, 4.69) is 5.32 Å². The fourth-order valence-corrected chi connectivity index (χ4v) is 5.31. The van der Waals surface area contributed by atoms with E-state index >= 15 is 0 Å². The number of aromatic nitrogens is 2. The predicted octanol–water partition coefficient (Wildman–Crippen LogP) is 4.32. The van der Waals surface area contributed by atoms with Gasteiger partial charge in [-0.2, -0.15) is 0 Å². The van der Waals surface area contributed by atoms with Gasteiger partial charge in [-0.25, -0.2) is 19.4 Å². The van der Waals surface area contributed by atoms with Crippen molar-refractivity contribution in [2.24, 2.45) is 0 Å². The van der Waals surface area contributed by atoms with Crippen LogP contribution < -0.4 is 10.9 Å². The number of hydrogen-bond acceptors (Lipinski definition) is 8. The van der Waals surface area contributed by atoms with Crippen molar-refractivity contribution in [2.75, 3.05) is 0 Å². The van der Waals surface area contributed by atoms with E-state index in [0.717, 1.165) is 16.5 Å². The summed E-state index contributed by atoms with van der Waals surface area (Å²) >= 11 is 0. The van der Waals surface area contributed by atoms with Crippen molar-refractivity contribution < 1.29 is 28.6 Å². The minimum atomic E-state index is -1.86. The number of benzene rings is 1. The minimum absolute atomic E-state index is 0.0246. The van der Waals surface area contributed by atoms with Gasteiger partial charge in [0.1, 0.15) is 18.2 Å². The highest BCUT2D eigenvalue weighted by Crippen LogP contribution is 2.41. The zero-order chi connectivity index (χ0) is 28.8. The van der Waals surface area contributed by atoms with E-state index < -0.39 is 35.3 Å². The zero-order valence-electron chi connectivity index (χ0n) is 23.3. The molecule has 0 unspecified atom stereocenters.